The van der Waals surface area contributed by atoms with Gasteiger partial charge in [-0.3, -0.25) is 4.79 Å². The summed E-state index contributed by atoms with van der Waals surface area (Å²) in [5.41, 5.74) is 5.00. The van der Waals surface area contributed by atoms with E-state index in [1.54, 1.807) is 11.3 Å². The summed E-state index contributed by atoms with van der Waals surface area (Å²) in [5, 5.41) is 5.10. The molecule has 116 valence electrons. The van der Waals surface area contributed by atoms with Crippen molar-refractivity contribution in [3.8, 4) is 0 Å². The lowest BCUT2D eigenvalue weighted by Crippen LogP contribution is -2.53. The zero-order chi connectivity index (χ0) is 15.5. The quantitative estimate of drug-likeness (QED) is 0.815. The van der Waals surface area contributed by atoms with Gasteiger partial charge in [0.25, 0.3) is 0 Å². The highest BCUT2D eigenvalue weighted by Crippen LogP contribution is 2.32. The number of thiophene rings is 1. The molecule has 3 N–H and O–H groups in total. The van der Waals surface area contributed by atoms with E-state index < -0.39 is 5.41 Å². The Bertz CT molecular complexity index is 506. The Morgan fingerprint density at radius 3 is 2.71 bits per heavy atom. The summed E-state index contributed by atoms with van der Waals surface area (Å²) in [4.78, 5) is 14.2. The molecule has 0 aromatic carbocycles. The van der Waals surface area contributed by atoms with Crippen LogP contribution in [0, 0.1) is 5.41 Å². The van der Waals surface area contributed by atoms with Crippen molar-refractivity contribution in [1.29, 1.82) is 0 Å². The molecule has 1 aliphatic heterocycles. The van der Waals surface area contributed by atoms with Crippen LogP contribution < -0.4 is 11.1 Å². The van der Waals surface area contributed by atoms with Crippen LogP contribution in [0.2, 0.25) is 0 Å². The molecule has 1 aliphatic rings. The van der Waals surface area contributed by atoms with Crippen LogP contribution in [0.15, 0.2) is 17.5 Å². The van der Waals surface area contributed by atoms with Crippen LogP contribution in [0.4, 0.5) is 0 Å². The van der Waals surface area contributed by atoms with E-state index in [0.717, 1.165) is 0 Å². The smallest absolute Gasteiger partial charge is 0.233 e. The predicted molar refractivity (Wildman–Crippen MR) is 89.6 cm³/mol. The first kappa shape index (κ1) is 16.4. The maximum absolute atomic E-state index is 12.6. The Morgan fingerprint density at radius 2 is 2.19 bits per heavy atom. The molecule has 1 aromatic heterocycles. The lowest BCUT2D eigenvalue weighted by Gasteiger charge is -2.36. The third-order valence-corrected chi connectivity index (χ3v) is 5.76. The first-order chi connectivity index (χ1) is 9.88. The lowest BCUT2D eigenvalue weighted by atomic mass is 9.78. The molecule has 6 heteroatoms. The van der Waals surface area contributed by atoms with Crippen molar-refractivity contribution in [3.63, 3.8) is 0 Å². The minimum absolute atomic E-state index is 0.0667. The number of nitrogens with two attached hydrogens (primary N) is 1. The standard InChI is InChI=1S/C15H22N2O2S2/c1-14(2,11-4-3-9-21-11)10-17-13(18)15(12(16)20)5-7-19-8-6-15/h3-4,9H,5-8,10H2,1-2H3,(H2,16,20)(H,17,18). The molecule has 0 saturated carbocycles. The maximum atomic E-state index is 12.6. The van der Waals surface area contributed by atoms with E-state index in [9.17, 15) is 4.79 Å². The van der Waals surface area contributed by atoms with Crippen molar-refractivity contribution in [1.82, 2.24) is 5.32 Å². The van der Waals surface area contributed by atoms with E-state index in [1.165, 1.54) is 4.88 Å². The van der Waals surface area contributed by atoms with E-state index in [0.29, 0.717) is 32.6 Å². The number of amides is 1. The van der Waals surface area contributed by atoms with E-state index >= 15 is 0 Å². The van der Waals surface area contributed by atoms with Gasteiger partial charge in [0.2, 0.25) is 5.91 Å². The molecule has 1 aromatic rings. The summed E-state index contributed by atoms with van der Waals surface area (Å²) in [6.07, 6.45) is 1.13. The van der Waals surface area contributed by atoms with E-state index in [1.807, 2.05) is 11.4 Å². The lowest BCUT2D eigenvalue weighted by molar-refractivity contribution is -0.131. The molecule has 1 fully saturated rings. The number of nitrogens with one attached hydrogen (secondary N) is 1. The van der Waals surface area contributed by atoms with Crippen molar-refractivity contribution in [2.24, 2.45) is 11.1 Å². The average Bonchev–Trinajstić information content (AvgIpc) is 3.00. The normalized spacial score (nSPS) is 18.2. The molecule has 2 heterocycles. The maximum Gasteiger partial charge on any atom is 0.233 e. The number of ether oxygens (including phenoxy) is 1. The van der Waals surface area contributed by atoms with Gasteiger partial charge in [-0.2, -0.15) is 0 Å². The van der Waals surface area contributed by atoms with Gasteiger partial charge in [-0.15, -0.1) is 11.3 Å². The molecule has 0 radical (unpaired) electrons. The number of rotatable bonds is 5. The molecule has 0 spiro atoms. The Balaban J connectivity index is 2.04. The fourth-order valence-corrected chi connectivity index (χ4v) is 3.68. The van der Waals surface area contributed by atoms with Crippen LogP contribution in [0.25, 0.3) is 0 Å². The van der Waals surface area contributed by atoms with Gasteiger partial charge in [0.15, 0.2) is 0 Å². The SMILES string of the molecule is CC(C)(CNC(=O)C1(C(N)=S)CCOCC1)c1cccs1. The fourth-order valence-electron chi connectivity index (χ4n) is 2.53. The van der Waals surface area contributed by atoms with Gasteiger partial charge in [-0.25, -0.2) is 0 Å². The van der Waals surface area contributed by atoms with Crippen molar-refractivity contribution >= 4 is 34.5 Å². The number of thiocarbonyl (C=S) groups is 1. The second-order valence-corrected chi connectivity index (χ2v) is 7.49. The molecule has 0 aliphatic carbocycles. The van der Waals surface area contributed by atoms with E-state index in [4.69, 9.17) is 22.7 Å². The van der Waals surface area contributed by atoms with Gasteiger partial charge in [-0.05, 0) is 24.3 Å². The second kappa shape index (κ2) is 6.42. The average molecular weight is 326 g/mol. The summed E-state index contributed by atoms with van der Waals surface area (Å²) >= 11 is 6.86. The van der Waals surface area contributed by atoms with Gasteiger partial charge in [0.1, 0.15) is 5.41 Å². The molecule has 21 heavy (non-hydrogen) atoms. The molecule has 1 saturated heterocycles. The van der Waals surface area contributed by atoms with Crippen molar-refractivity contribution in [3.05, 3.63) is 22.4 Å². The minimum Gasteiger partial charge on any atom is -0.392 e. The van der Waals surface area contributed by atoms with Gasteiger partial charge in [-0.1, -0.05) is 32.1 Å². The highest BCUT2D eigenvalue weighted by Gasteiger charge is 2.43. The summed E-state index contributed by atoms with van der Waals surface area (Å²) in [5.74, 6) is -0.0667. The Morgan fingerprint density at radius 1 is 1.52 bits per heavy atom. The summed E-state index contributed by atoms with van der Waals surface area (Å²) < 4.78 is 5.34. The van der Waals surface area contributed by atoms with Crippen molar-refractivity contribution in [2.75, 3.05) is 19.8 Å². The molecule has 1 amide bonds. The van der Waals surface area contributed by atoms with Gasteiger partial charge >= 0.3 is 0 Å². The van der Waals surface area contributed by atoms with Crippen LogP contribution in [-0.4, -0.2) is 30.7 Å². The molecular weight excluding hydrogens is 304 g/mol. The van der Waals surface area contributed by atoms with Gasteiger partial charge in [0.05, 0.1) is 4.99 Å². The van der Waals surface area contributed by atoms with Gasteiger partial charge in [0, 0.05) is 30.1 Å². The van der Waals surface area contributed by atoms with Crippen LogP contribution in [0.1, 0.15) is 31.6 Å². The second-order valence-electron chi connectivity index (χ2n) is 6.10. The third kappa shape index (κ3) is 3.44. The highest BCUT2D eigenvalue weighted by molar-refractivity contribution is 7.80. The predicted octanol–water partition coefficient (Wildman–Crippen LogP) is 2.22. The number of hydrogen-bond acceptors (Lipinski definition) is 4. The summed E-state index contributed by atoms with van der Waals surface area (Å²) in [7, 11) is 0. The monoisotopic (exact) mass is 326 g/mol. The molecule has 0 unspecified atom stereocenters. The number of carbonyl (C=O) groups excluding carboxylic acids is 1. The molecule has 0 bridgehead atoms. The topological polar surface area (TPSA) is 64.4 Å². The largest absolute Gasteiger partial charge is 0.392 e. The molecule has 2 rings (SSSR count). The Hall–Kier alpha value is -0.980. The van der Waals surface area contributed by atoms with Gasteiger partial charge < -0.3 is 15.8 Å². The molecular formula is C15H22N2O2S2. The zero-order valence-corrected chi connectivity index (χ0v) is 14.1. The van der Waals surface area contributed by atoms with E-state index in [-0.39, 0.29) is 16.3 Å². The zero-order valence-electron chi connectivity index (χ0n) is 12.5. The molecule has 0 atom stereocenters. The van der Waals surface area contributed by atoms with Crippen LogP contribution in [0.5, 0.6) is 0 Å². The Labute approximate surface area is 135 Å². The van der Waals surface area contributed by atoms with Crippen LogP contribution in [0.3, 0.4) is 0 Å². The van der Waals surface area contributed by atoms with Crippen molar-refractivity contribution < 1.29 is 9.53 Å². The first-order valence-corrected chi connectivity index (χ1v) is 8.37. The Kier molecular flexibility index (Phi) is 5.01. The number of carbonyl (C=O) groups is 1. The first-order valence-electron chi connectivity index (χ1n) is 7.08. The van der Waals surface area contributed by atoms with Crippen LogP contribution in [-0.2, 0) is 14.9 Å². The number of hydrogen-bond donors (Lipinski definition) is 2. The van der Waals surface area contributed by atoms with Crippen molar-refractivity contribution in [2.45, 2.75) is 32.1 Å². The summed E-state index contributed by atoms with van der Waals surface area (Å²) in [6, 6.07) is 4.12. The molecule has 4 nitrogen and oxygen atoms in total. The minimum atomic E-state index is -0.751. The third-order valence-electron chi connectivity index (χ3n) is 4.13. The fraction of sp³-hybridized carbons (Fsp3) is 0.600. The highest BCUT2D eigenvalue weighted by atomic mass is 32.1. The van der Waals surface area contributed by atoms with Crippen LogP contribution >= 0.6 is 23.6 Å². The summed E-state index contributed by atoms with van der Waals surface area (Å²) in [6.45, 7) is 5.86. The van der Waals surface area contributed by atoms with E-state index in [2.05, 4.69) is 25.2 Å².